The summed E-state index contributed by atoms with van der Waals surface area (Å²) in [6.07, 6.45) is 7.23. The highest BCUT2D eigenvalue weighted by Crippen LogP contribution is 2.19. The fraction of sp³-hybridized carbons (Fsp3) is 0.800. The van der Waals surface area contributed by atoms with Crippen LogP contribution in [0, 0.1) is 0 Å². The summed E-state index contributed by atoms with van der Waals surface area (Å²) in [6.45, 7) is 6.89. The van der Waals surface area contributed by atoms with E-state index in [1.807, 2.05) is 0 Å². The Morgan fingerprint density at radius 2 is 2.21 bits per heavy atom. The van der Waals surface area contributed by atoms with Gasteiger partial charge in [-0.2, -0.15) is 5.10 Å². The van der Waals surface area contributed by atoms with Crippen LogP contribution in [0.4, 0.5) is 0 Å². The average molecular weight is 265 g/mol. The number of nitrogens with zero attached hydrogens (tertiary/aromatic N) is 2. The summed E-state index contributed by atoms with van der Waals surface area (Å²) in [5, 5.41) is 4.73. The molecule has 4 heteroatoms. The molecule has 1 saturated heterocycles. The minimum absolute atomic E-state index is 0.486. The molecule has 0 aliphatic carbocycles. The molecule has 2 rings (SSSR count). The monoisotopic (exact) mass is 265 g/mol. The van der Waals surface area contributed by atoms with E-state index >= 15 is 0 Å². The van der Waals surface area contributed by atoms with Crippen molar-refractivity contribution in [2.45, 2.75) is 71.6 Å². The Morgan fingerprint density at radius 3 is 2.79 bits per heavy atom. The fourth-order valence-corrected chi connectivity index (χ4v) is 3.03. The lowest BCUT2D eigenvalue weighted by Crippen LogP contribution is -2.10. The lowest BCUT2D eigenvalue weighted by atomic mass is 10.1. The number of aromatic nitrogens is 2. The number of nitrogens with two attached hydrogens (primary N) is 1. The molecule has 1 aromatic heterocycles. The van der Waals surface area contributed by atoms with Crippen LogP contribution in [-0.2, 0) is 30.7 Å². The van der Waals surface area contributed by atoms with Crippen molar-refractivity contribution >= 4 is 0 Å². The molecule has 2 N–H and O–H groups in total. The van der Waals surface area contributed by atoms with Crippen LogP contribution in [0.15, 0.2) is 0 Å². The SMILES string of the molecule is CCc1nn(CCCC2CCCO2)c(CC)c1CN. The molecule has 19 heavy (non-hydrogen) atoms. The first kappa shape index (κ1) is 14.5. The van der Waals surface area contributed by atoms with E-state index in [2.05, 4.69) is 18.5 Å². The summed E-state index contributed by atoms with van der Waals surface area (Å²) < 4.78 is 7.85. The van der Waals surface area contributed by atoms with Gasteiger partial charge in [0.15, 0.2) is 0 Å². The van der Waals surface area contributed by atoms with Crippen molar-refractivity contribution in [1.82, 2.24) is 9.78 Å². The maximum atomic E-state index is 5.87. The van der Waals surface area contributed by atoms with E-state index in [1.54, 1.807) is 0 Å². The molecule has 1 aromatic rings. The lowest BCUT2D eigenvalue weighted by Gasteiger charge is -2.10. The first-order valence-corrected chi connectivity index (χ1v) is 7.69. The summed E-state index contributed by atoms with van der Waals surface area (Å²) >= 11 is 0. The zero-order chi connectivity index (χ0) is 13.7. The highest BCUT2D eigenvalue weighted by Gasteiger charge is 2.17. The Morgan fingerprint density at radius 1 is 1.37 bits per heavy atom. The maximum absolute atomic E-state index is 5.87. The van der Waals surface area contributed by atoms with Crippen molar-refractivity contribution in [1.29, 1.82) is 0 Å². The molecule has 0 saturated carbocycles. The molecule has 0 radical (unpaired) electrons. The van der Waals surface area contributed by atoms with Crippen LogP contribution in [0.25, 0.3) is 0 Å². The second-order valence-electron chi connectivity index (χ2n) is 5.28. The molecule has 1 fully saturated rings. The van der Waals surface area contributed by atoms with Crippen molar-refractivity contribution in [3.05, 3.63) is 17.0 Å². The zero-order valence-corrected chi connectivity index (χ0v) is 12.3. The second kappa shape index (κ2) is 7.06. The molecule has 0 bridgehead atoms. The van der Waals surface area contributed by atoms with Crippen molar-refractivity contribution in [3.63, 3.8) is 0 Å². The standard InChI is InChI=1S/C15H27N3O/c1-3-14-13(11-16)15(4-2)18(17-14)9-5-7-12-8-6-10-19-12/h12H,3-11,16H2,1-2H3. The number of aryl methyl sites for hydroxylation is 2. The van der Waals surface area contributed by atoms with Gasteiger partial charge >= 0.3 is 0 Å². The van der Waals surface area contributed by atoms with Crippen LogP contribution < -0.4 is 5.73 Å². The normalized spacial score (nSPS) is 19.2. The molecule has 0 spiro atoms. The van der Waals surface area contributed by atoms with Crippen molar-refractivity contribution < 1.29 is 4.74 Å². The van der Waals surface area contributed by atoms with E-state index in [-0.39, 0.29) is 0 Å². The van der Waals surface area contributed by atoms with Gasteiger partial charge in [0, 0.05) is 31.0 Å². The molecule has 0 aromatic carbocycles. The Hall–Kier alpha value is -0.870. The van der Waals surface area contributed by atoms with Gasteiger partial charge in [-0.25, -0.2) is 0 Å². The van der Waals surface area contributed by atoms with Crippen molar-refractivity contribution in [2.75, 3.05) is 6.61 Å². The van der Waals surface area contributed by atoms with Crippen LogP contribution in [-0.4, -0.2) is 22.5 Å². The Kier molecular flexibility index (Phi) is 5.40. The van der Waals surface area contributed by atoms with Gasteiger partial charge in [0.25, 0.3) is 0 Å². The highest BCUT2D eigenvalue weighted by molar-refractivity contribution is 5.26. The van der Waals surface area contributed by atoms with E-state index in [9.17, 15) is 0 Å². The minimum Gasteiger partial charge on any atom is -0.378 e. The molecule has 1 atom stereocenters. The van der Waals surface area contributed by atoms with Gasteiger partial charge in [-0.1, -0.05) is 13.8 Å². The molecule has 1 unspecified atom stereocenters. The second-order valence-corrected chi connectivity index (χ2v) is 5.28. The van der Waals surface area contributed by atoms with Crippen LogP contribution in [0.2, 0.25) is 0 Å². The minimum atomic E-state index is 0.486. The molecular weight excluding hydrogens is 238 g/mol. The topological polar surface area (TPSA) is 53.1 Å². The largest absolute Gasteiger partial charge is 0.378 e. The Balaban J connectivity index is 1.96. The van der Waals surface area contributed by atoms with E-state index in [1.165, 1.54) is 29.8 Å². The van der Waals surface area contributed by atoms with E-state index in [0.29, 0.717) is 12.6 Å². The van der Waals surface area contributed by atoms with Crippen LogP contribution in [0.5, 0.6) is 0 Å². The third-order valence-corrected chi connectivity index (χ3v) is 4.04. The van der Waals surface area contributed by atoms with E-state index in [4.69, 9.17) is 15.6 Å². The van der Waals surface area contributed by atoms with Gasteiger partial charge in [0.05, 0.1) is 11.8 Å². The predicted octanol–water partition coefficient (Wildman–Crippen LogP) is 2.43. The Bertz CT molecular complexity index is 394. The van der Waals surface area contributed by atoms with Crippen LogP contribution in [0.1, 0.15) is 56.5 Å². The lowest BCUT2D eigenvalue weighted by molar-refractivity contribution is 0.101. The third-order valence-electron chi connectivity index (χ3n) is 4.04. The summed E-state index contributed by atoms with van der Waals surface area (Å²) in [6, 6.07) is 0. The van der Waals surface area contributed by atoms with Gasteiger partial charge in [-0.05, 0) is 38.5 Å². The first-order valence-electron chi connectivity index (χ1n) is 7.69. The highest BCUT2D eigenvalue weighted by atomic mass is 16.5. The van der Waals surface area contributed by atoms with E-state index in [0.717, 1.165) is 38.8 Å². The number of ether oxygens (including phenoxy) is 1. The van der Waals surface area contributed by atoms with Crippen LogP contribution in [0.3, 0.4) is 0 Å². The van der Waals surface area contributed by atoms with Crippen LogP contribution >= 0.6 is 0 Å². The summed E-state index contributed by atoms with van der Waals surface area (Å²) in [5.74, 6) is 0. The van der Waals surface area contributed by atoms with Crippen molar-refractivity contribution in [2.24, 2.45) is 5.73 Å². The summed E-state index contributed by atoms with van der Waals surface area (Å²) in [4.78, 5) is 0. The number of hydrogen-bond donors (Lipinski definition) is 1. The summed E-state index contributed by atoms with van der Waals surface area (Å²) in [7, 11) is 0. The third kappa shape index (κ3) is 3.37. The first-order chi connectivity index (χ1) is 9.30. The van der Waals surface area contributed by atoms with Gasteiger partial charge in [-0.15, -0.1) is 0 Å². The van der Waals surface area contributed by atoms with Crippen molar-refractivity contribution in [3.8, 4) is 0 Å². The maximum Gasteiger partial charge on any atom is 0.0669 e. The smallest absolute Gasteiger partial charge is 0.0669 e. The molecule has 2 heterocycles. The zero-order valence-electron chi connectivity index (χ0n) is 12.3. The molecule has 1 aliphatic heterocycles. The number of hydrogen-bond acceptors (Lipinski definition) is 3. The Labute approximate surface area is 116 Å². The van der Waals surface area contributed by atoms with Gasteiger partial charge in [0.2, 0.25) is 0 Å². The predicted molar refractivity (Wildman–Crippen MR) is 77.1 cm³/mol. The molecule has 4 nitrogen and oxygen atoms in total. The van der Waals surface area contributed by atoms with Gasteiger partial charge in [0.1, 0.15) is 0 Å². The summed E-state index contributed by atoms with van der Waals surface area (Å²) in [5.41, 5.74) is 9.64. The molecular formula is C15H27N3O. The average Bonchev–Trinajstić information content (AvgIpc) is 3.05. The quantitative estimate of drug-likeness (QED) is 0.823. The molecule has 0 amide bonds. The van der Waals surface area contributed by atoms with Gasteiger partial charge < -0.3 is 10.5 Å². The number of rotatable bonds is 7. The fourth-order valence-electron chi connectivity index (χ4n) is 3.03. The molecule has 1 aliphatic rings. The van der Waals surface area contributed by atoms with Gasteiger partial charge in [-0.3, -0.25) is 4.68 Å². The van der Waals surface area contributed by atoms with E-state index < -0.39 is 0 Å². The molecule has 108 valence electrons.